The van der Waals surface area contributed by atoms with Gasteiger partial charge in [-0.1, -0.05) is 0 Å². The van der Waals surface area contributed by atoms with Gasteiger partial charge in [0.05, 0.1) is 0 Å². The van der Waals surface area contributed by atoms with Crippen LogP contribution in [0.15, 0.2) is 6.07 Å². The van der Waals surface area contributed by atoms with Gasteiger partial charge in [0, 0.05) is 0 Å². The maximum atomic E-state index is 13.0. The number of hydrogen-bond acceptors (Lipinski definition) is 0. The number of hydrogen-bond donors (Lipinski definition) is 0. The van der Waals surface area contributed by atoms with E-state index in [1.54, 1.807) is 0 Å². The Morgan fingerprint density at radius 3 is 1.79 bits per heavy atom. The summed E-state index contributed by atoms with van der Waals surface area (Å²) in [4.78, 5) is 0. The Bertz CT molecular complexity index is 376. The van der Waals surface area contributed by atoms with Crippen LogP contribution in [-0.2, 0) is 0 Å². The third kappa shape index (κ3) is 2.29. The molecule has 1 aromatic carbocycles. The van der Waals surface area contributed by atoms with E-state index in [4.69, 9.17) is 30.0 Å². The molecule has 0 N–H and O–H groups in total. The molecule has 0 fully saturated rings. The molecule has 0 nitrogen and oxygen atoms in total. The maximum absolute atomic E-state index is 13.0. The van der Waals surface area contributed by atoms with Crippen molar-refractivity contribution in [3.05, 3.63) is 29.3 Å². The van der Waals surface area contributed by atoms with Crippen molar-refractivity contribution >= 4 is 44.9 Å². The zero-order valence-electron chi connectivity index (χ0n) is 6.22. The predicted octanol–water partition coefficient (Wildman–Crippen LogP) is 3.11. The Kier molecular flexibility index (Phi) is 3.62. The molecule has 0 bridgehead atoms. The fourth-order valence-electron chi connectivity index (χ4n) is 0.779. The summed E-state index contributed by atoms with van der Waals surface area (Å²) < 4.78 is 50.0. The first-order valence-electron chi connectivity index (χ1n) is 3.15. The summed E-state index contributed by atoms with van der Waals surface area (Å²) in [5.74, 6) is -7.08. The Hall–Kier alpha value is 0.353. The number of benzene rings is 1. The molecule has 0 saturated carbocycles. The first kappa shape index (κ1) is 12.4. The van der Waals surface area contributed by atoms with Gasteiger partial charge in [-0.05, 0) is 0 Å². The molecule has 1 aromatic rings. The van der Waals surface area contributed by atoms with E-state index < -0.39 is 38.1 Å². The van der Waals surface area contributed by atoms with Crippen LogP contribution in [0.25, 0.3) is 0 Å². The van der Waals surface area contributed by atoms with E-state index in [9.17, 15) is 17.6 Å². The van der Waals surface area contributed by atoms with Crippen LogP contribution in [0.4, 0.5) is 17.6 Å². The van der Waals surface area contributed by atoms with Crippen LogP contribution in [0.3, 0.4) is 0 Å². The molecule has 0 aliphatic heterocycles. The standard InChI is InChI=1S/C6HCl3F4Ge/c7-14(8,9)3-1-2(10)4(11)6(13)5(3)12/h1H. The number of halogens is 7. The van der Waals surface area contributed by atoms with Crippen LogP contribution in [0.5, 0.6) is 0 Å². The molecule has 8 heteroatoms. The molecule has 14 heavy (non-hydrogen) atoms. The zero-order chi connectivity index (χ0) is 11.1. The molecule has 0 heterocycles. The Morgan fingerprint density at radius 1 is 0.857 bits per heavy atom. The van der Waals surface area contributed by atoms with Gasteiger partial charge in [-0.2, -0.15) is 0 Å². The normalized spacial score (nSPS) is 11.9. The monoisotopic (exact) mass is 328 g/mol. The molecule has 78 valence electrons. The number of rotatable bonds is 1. The van der Waals surface area contributed by atoms with E-state index in [2.05, 4.69) is 0 Å². The average molecular weight is 328 g/mol. The van der Waals surface area contributed by atoms with Gasteiger partial charge in [0.2, 0.25) is 0 Å². The summed E-state index contributed by atoms with van der Waals surface area (Å²) in [5, 5.41) is 0. The van der Waals surface area contributed by atoms with E-state index in [1.807, 2.05) is 0 Å². The van der Waals surface area contributed by atoms with Gasteiger partial charge in [-0.3, -0.25) is 0 Å². The van der Waals surface area contributed by atoms with E-state index in [0.717, 1.165) is 0 Å². The molecular formula is C6HCl3F4Ge. The van der Waals surface area contributed by atoms with Crippen molar-refractivity contribution in [2.24, 2.45) is 0 Å². The molecule has 0 aliphatic carbocycles. The van der Waals surface area contributed by atoms with Gasteiger partial charge in [0.15, 0.2) is 0 Å². The topological polar surface area (TPSA) is 0 Å². The van der Waals surface area contributed by atoms with Crippen molar-refractivity contribution in [1.29, 1.82) is 0 Å². The third-order valence-electron chi connectivity index (χ3n) is 1.41. The van der Waals surface area contributed by atoms with Crippen LogP contribution < -0.4 is 4.40 Å². The van der Waals surface area contributed by atoms with Crippen molar-refractivity contribution in [1.82, 2.24) is 0 Å². The molecular weight excluding hydrogens is 327 g/mol. The molecule has 0 aromatic heterocycles. The molecule has 0 amide bonds. The molecule has 0 radical (unpaired) electrons. The summed E-state index contributed by atoms with van der Waals surface area (Å²) in [7, 11) is 11.9. The SMILES string of the molecule is Fc1c[c]([Ge]([Cl])([Cl])[Cl])c(F)c(F)c1F. The minimum atomic E-state index is -4.27. The van der Waals surface area contributed by atoms with E-state index in [0.29, 0.717) is 6.07 Å². The Balaban J connectivity index is 3.49. The van der Waals surface area contributed by atoms with Gasteiger partial charge in [-0.15, -0.1) is 0 Å². The summed E-state index contributed by atoms with van der Waals surface area (Å²) >= 11 is 0. The molecule has 0 unspecified atom stereocenters. The van der Waals surface area contributed by atoms with Crippen molar-refractivity contribution in [2.75, 3.05) is 0 Å². The average Bonchev–Trinajstić information content (AvgIpc) is 2.06. The van der Waals surface area contributed by atoms with E-state index in [1.165, 1.54) is 0 Å². The van der Waals surface area contributed by atoms with Gasteiger partial charge < -0.3 is 0 Å². The van der Waals surface area contributed by atoms with Crippen molar-refractivity contribution < 1.29 is 17.6 Å². The predicted molar refractivity (Wildman–Crippen MR) is 49.2 cm³/mol. The van der Waals surface area contributed by atoms with Gasteiger partial charge in [0.1, 0.15) is 0 Å². The Labute approximate surface area is 91.7 Å². The summed E-state index contributed by atoms with van der Waals surface area (Å²) in [5.41, 5.74) is 0. The molecule has 0 aliphatic rings. The summed E-state index contributed by atoms with van der Waals surface area (Å²) in [6.07, 6.45) is 0. The van der Waals surface area contributed by atoms with Crippen LogP contribution in [0.2, 0.25) is 0 Å². The quantitative estimate of drug-likeness (QED) is 0.322. The summed E-state index contributed by atoms with van der Waals surface area (Å²) in [6.45, 7) is 0. The fraction of sp³-hybridized carbons (Fsp3) is 0. The summed E-state index contributed by atoms with van der Waals surface area (Å²) in [6, 6.07) is 0.376. The third-order valence-corrected chi connectivity index (χ3v) is 6.63. The van der Waals surface area contributed by atoms with Crippen LogP contribution in [0.1, 0.15) is 0 Å². The molecule has 0 atom stereocenters. The van der Waals surface area contributed by atoms with Crippen molar-refractivity contribution in [3.8, 4) is 0 Å². The van der Waals surface area contributed by atoms with Crippen LogP contribution in [-0.4, -0.2) is 10.5 Å². The van der Waals surface area contributed by atoms with Crippen LogP contribution in [0, 0.1) is 23.3 Å². The van der Waals surface area contributed by atoms with Crippen LogP contribution >= 0.6 is 30.0 Å². The second-order valence-electron chi connectivity index (χ2n) is 2.35. The molecule has 0 saturated heterocycles. The zero-order valence-corrected chi connectivity index (χ0v) is 10.6. The van der Waals surface area contributed by atoms with E-state index in [-0.39, 0.29) is 0 Å². The fourth-order valence-corrected chi connectivity index (χ4v) is 4.28. The molecule has 1 rings (SSSR count). The van der Waals surface area contributed by atoms with Crippen molar-refractivity contribution in [2.45, 2.75) is 0 Å². The van der Waals surface area contributed by atoms with Gasteiger partial charge in [0.25, 0.3) is 0 Å². The first-order valence-corrected chi connectivity index (χ1v) is 12.5. The van der Waals surface area contributed by atoms with E-state index >= 15 is 0 Å². The second kappa shape index (κ2) is 4.08. The molecule has 0 spiro atoms. The van der Waals surface area contributed by atoms with Gasteiger partial charge >= 0.3 is 91.8 Å². The second-order valence-corrected chi connectivity index (χ2v) is 17.4. The van der Waals surface area contributed by atoms with Gasteiger partial charge in [-0.25, -0.2) is 0 Å². The minimum absolute atomic E-state index is 0.376. The first-order chi connectivity index (χ1) is 6.25. The van der Waals surface area contributed by atoms with Crippen molar-refractivity contribution in [3.63, 3.8) is 0 Å². The Morgan fingerprint density at radius 2 is 1.36 bits per heavy atom.